The fraction of sp³-hybridized carbons (Fsp3) is 0.368. The smallest absolute Gasteiger partial charge is 0.203 e. The zero-order valence-electron chi connectivity index (χ0n) is 15.2. The maximum atomic E-state index is 6.15. The molecule has 1 heterocycles. The molecule has 0 bridgehead atoms. The molecule has 0 saturated heterocycles. The van der Waals surface area contributed by atoms with E-state index in [4.69, 9.17) is 35.3 Å². The van der Waals surface area contributed by atoms with Crippen LogP contribution in [0.4, 0.5) is 0 Å². The molecule has 0 fully saturated rings. The zero-order chi connectivity index (χ0) is 18.4. The van der Waals surface area contributed by atoms with Crippen LogP contribution < -0.4 is 29.0 Å². The van der Waals surface area contributed by atoms with Crippen molar-refractivity contribution in [1.82, 2.24) is 5.32 Å². The molecule has 0 aliphatic carbocycles. The number of benzene rings is 2. The molecule has 3 rings (SSSR count). The van der Waals surface area contributed by atoms with Crippen molar-refractivity contribution in [3.8, 4) is 28.7 Å². The Morgan fingerprint density at radius 3 is 2.52 bits per heavy atom. The monoisotopic (exact) mass is 415 g/mol. The second-order valence-corrected chi connectivity index (χ2v) is 6.07. The van der Waals surface area contributed by atoms with Gasteiger partial charge in [-0.3, -0.25) is 0 Å². The van der Waals surface area contributed by atoms with Gasteiger partial charge in [0.1, 0.15) is 19.3 Å². The molecule has 2 aromatic carbocycles. The summed E-state index contributed by atoms with van der Waals surface area (Å²) in [5.74, 6) is 3.15. The molecule has 1 N–H and O–H groups in total. The molecule has 0 unspecified atom stereocenters. The first-order chi connectivity index (χ1) is 12.7. The van der Waals surface area contributed by atoms with Crippen LogP contribution in [0.5, 0.6) is 28.7 Å². The third-order valence-electron chi connectivity index (χ3n) is 3.92. The number of nitrogens with one attached hydrogen (secondary N) is 1. The minimum Gasteiger partial charge on any atom is -0.493 e. The Morgan fingerprint density at radius 2 is 1.81 bits per heavy atom. The summed E-state index contributed by atoms with van der Waals surface area (Å²) in [4.78, 5) is 0. The predicted octanol–water partition coefficient (Wildman–Crippen LogP) is 3.59. The van der Waals surface area contributed by atoms with Gasteiger partial charge in [0.15, 0.2) is 23.0 Å². The van der Waals surface area contributed by atoms with E-state index in [2.05, 4.69) is 5.32 Å². The Kier molecular flexibility index (Phi) is 8.16. The minimum atomic E-state index is -0.108. The van der Waals surface area contributed by atoms with E-state index >= 15 is 0 Å². The lowest BCUT2D eigenvalue weighted by atomic mass is 10.2. The van der Waals surface area contributed by atoms with Gasteiger partial charge in [0.2, 0.25) is 5.75 Å². The van der Waals surface area contributed by atoms with Crippen molar-refractivity contribution in [1.29, 1.82) is 0 Å². The van der Waals surface area contributed by atoms with Crippen molar-refractivity contribution >= 4 is 24.0 Å². The Labute approximate surface area is 170 Å². The maximum absolute atomic E-state index is 6.15. The lowest BCUT2D eigenvalue weighted by Gasteiger charge is -2.27. The summed E-state index contributed by atoms with van der Waals surface area (Å²) in [5.41, 5.74) is 0. The normalized spacial score (nSPS) is 14.9. The molecule has 0 radical (unpaired) electrons. The molecule has 2 aromatic rings. The van der Waals surface area contributed by atoms with Crippen LogP contribution in [0.15, 0.2) is 36.4 Å². The van der Waals surface area contributed by atoms with Crippen LogP contribution >= 0.6 is 24.0 Å². The third kappa shape index (κ3) is 5.25. The van der Waals surface area contributed by atoms with E-state index < -0.39 is 0 Å². The highest BCUT2D eigenvalue weighted by Crippen LogP contribution is 2.38. The number of fused-ring (bicyclic) bond motifs is 1. The maximum Gasteiger partial charge on any atom is 0.203 e. The van der Waals surface area contributed by atoms with Crippen molar-refractivity contribution in [3.05, 3.63) is 41.4 Å². The van der Waals surface area contributed by atoms with Gasteiger partial charge in [-0.2, -0.15) is 0 Å². The van der Waals surface area contributed by atoms with E-state index in [1.54, 1.807) is 20.3 Å². The molecular weight excluding hydrogens is 393 g/mol. The lowest BCUT2D eigenvalue weighted by Crippen LogP contribution is -2.39. The average Bonchev–Trinajstić information content (AvgIpc) is 2.68. The Hall–Kier alpha value is -2.02. The van der Waals surface area contributed by atoms with Crippen LogP contribution in [0, 0.1) is 0 Å². The van der Waals surface area contributed by atoms with Crippen LogP contribution in [0.25, 0.3) is 0 Å². The first-order valence-electron chi connectivity index (χ1n) is 8.35. The van der Waals surface area contributed by atoms with Crippen molar-refractivity contribution in [2.45, 2.75) is 6.10 Å². The van der Waals surface area contributed by atoms with Crippen LogP contribution in [0.3, 0.4) is 0 Å². The molecule has 1 aliphatic heterocycles. The van der Waals surface area contributed by atoms with E-state index in [1.165, 1.54) is 0 Å². The molecule has 0 saturated carbocycles. The van der Waals surface area contributed by atoms with Gasteiger partial charge in [-0.1, -0.05) is 23.7 Å². The Morgan fingerprint density at radius 1 is 1.11 bits per heavy atom. The van der Waals surface area contributed by atoms with E-state index in [0.717, 1.165) is 0 Å². The second kappa shape index (κ2) is 10.3. The first kappa shape index (κ1) is 21.3. The van der Waals surface area contributed by atoms with Crippen molar-refractivity contribution in [2.24, 2.45) is 0 Å². The predicted molar refractivity (Wildman–Crippen MR) is 107 cm³/mol. The number of methoxy groups -OCH3 is 2. The van der Waals surface area contributed by atoms with Gasteiger partial charge in [-0.15, -0.1) is 12.4 Å². The fourth-order valence-electron chi connectivity index (χ4n) is 2.65. The summed E-state index contributed by atoms with van der Waals surface area (Å²) in [6.07, 6.45) is -0.108. The third-order valence-corrected chi connectivity index (χ3v) is 4.22. The second-order valence-electron chi connectivity index (χ2n) is 5.66. The summed E-state index contributed by atoms with van der Waals surface area (Å²) in [5, 5.41) is 3.85. The Bertz CT molecular complexity index is 722. The minimum absolute atomic E-state index is 0. The van der Waals surface area contributed by atoms with Crippen LogP contribution in [0.1, 0.15) is 0 Å². The molecule has 0 aromatic heterocycles. The van der Waals surface area contributed by atoms with Crippen LogP contribution in [0.2, 0.25) is 5.02 Å². The average molecular weight is 416 g/mol. The van der Waals surface area contributed by atoms with E-state index in [1.807, 2.05) is 30.3 Å². The van der Waals surface area contributed by atoms with Gasteiger partial charge in [-0.25, -0.2) is 0 Å². The van der Waals surface area contributed by atoms with Crippen molar-refractivity contribution < 1.29 is 23.7 Å². The van der Waals surface area contributed by atoms with Crippen LogP contribution in [-0.4, -0.2) is 46.6 Å². The van der Waals surface area contributed by atoms with Gasteiger partial charge in [0.25, 0.3) is 0 Å². The van der Waals surface area contributed by atoms with Gasteiger partial charge in [-0.05, 0) is 24.3 Å². The standard InChI is InChI=1S/C19H22ClNO5.ClH/c1-22-15-6-4-7-16(23-2)19(15)24-10-9-21-11-13-12-25-17-8-3-5-14(20)18(17)26-13;/h3-8,13,21H,9-12H2,1-2H3;1H/t13-;/m1./s1. The molecule has 1 atom stereocenters. The molecular formula is C19H23Cl2NO5. The summed E-state index contributed by atoms with van der Waals surface area (Å²) in [7, 11) is 3.20. The molecule has 148 valence electrons. The number of hydrogen-bond acceptors (Lipinski definition) is 6. The SMILES string of the molecule is COc1cccc(OC)c1OCCNC[C@@H]1COc2cccc(Cl)c2O1.Cl. The molecule has 6 nitrogen and oxygen atoms in total. The van der Waals surface area contributed by atoms with E-state index in [9.17, 15) is 0 Å². The molecule has 8 heteroatoms. The summed E-state index contributed by atoms with van der Waals surface area (Å²) < 4.78 is 28.0. The Balaban J connectivity index is 0.00000261. The number of ether oxygens (including phenoxy) is 5. The molecule has 0 amide bonds. The number of hydrogen-bond donors (Lipinski definition) is 1. The van der Waals surface area contributed by atoms with Crippen LogP contribution in [-0.2, 0) is 0 Å². The first-order valence-corrected chi connectivity index (χ1v) is 8.73. The molecule has 0 spiro atoms. The summed E-state index contributed by atoms with van der Waals surface area (Å²) in [6.45, 7) is 2.19. The van der Waals surface area contributed by atoms with Gasteiger partial charge in [0, 0.05) is 13.1 Å². The number of rotatable bonds is 8. The fourth-order valence-corrected chi connectivity index (χ4v) is 2.86. The molecule has 1 aliphatic rings. The zero-order valence-corrected chi connectivity index (χ0v) is 16.8. The number of halogens is 2. The topological polar surface area (TPSA) is 58.2 Å². The quantitative estimate of drug-likeness (QED) is 0.664. The summed E-state index contributed by atoms with van der Waals surface area (Å²) >= 11 is 6.15. The van der Waals surface area contributed by atoms with E-state index in [-0.39, 0.29) is 18.5 Å². The van der Waals surface area contributed by atoms with Crippen molar-refractivity contribution in [2.75, 3.05) is 40.5 Å². The van der Waals surface area contributed by atoms with Gasteiger partial charge in [0.05, 0.1) is 19.2 Å². The van der Waals surface area contributed by atoms with Gasteiger partial charge < -0.3 is 29.0 Å². The van der Waals surface area contributed by atoms with Crippen molar-refractivity contribution in [3.63, 3.8) is 0 Å². The largest absolute Gasteiger partial charge is 0.493 e. The van der Waals surface area contributed by atoms with Gasteiger partial charge >= 0.3 is 0 Å². The lowest BCUT2D eigenvalue weighted by molar-refractivity contribution is 0.0898. The molecule has 27 heavy (non-hydrogen) atoms. The van der Waals surface area contributed by atoms with E-state index in [0.29, 0.717) is 60.1 Å². The highest BCUT2D eigenvalue weighted by Gasteiger charge is 2.22. The highest BCUT2D eigenvalue weighted by molar-refractivity contribution is 6.32. The highest BCUT2D eigenvalue weighted by atomic mass is 35.5. The number of para-hydroxylation sites is 2. The summed E-state index contributed by atoms with van der Waals surface area (Å²) in [6, 6.07) is 11.0.